The van der Waals surface area contributed by atoms with Gasteiger partial charge in [-0.1, -0.05) is 13.3 Å². The van der Waals surface area contributed by atoms with Gasteiger partial charge in [-0.3, -0.25) is 14.9 Å². The number of non-ortho nitro benzene ring substituents is 1. The molecule has 0 aliphatic rings. The van der Waals surface area contributed by atoms with Crippen molar-refractivity contribution in [2.45, 2.75) is 19.8 Å². The van der Waals surface area contributed by atoms with E-state index < -0.39 is 4.92 Å². The van der Waals surface area contributed by atoms with Gasteiger partial charge in [-0.2, -0.15) is 0 Å². The van der Waals surface area contributed by atoms with Gasteiger partial charge in [0.15, 0.2) is 0 Å². The van der Waals surface area contributed by atoms with E-state index in [0.717, 1.165) is 12.8 Å². The molecule has 0 unspecified atom stereocenters. The molecular weight excluding hydrogens is 328 g/mol. The molecule has 110 valence electrons. The molecule has 0 saturated carbocycles. The van der Waals surface area contributed by atoms with Crippen LogP contribution in [0.25, 0.3) is 0 Å². The summed E-state index contributed by atoms with van der Waals surface area (Å²) < 4.78 is 5.84. The summed E-state index contributed by atoms with van der Waals surface area (Å²) in [6, 6.07) is 4.08. The molecule has 1 aromatic carbocycles. The monoisotopic (exact) mass is 344 g/mol. The molecule has 6 nitrogen and oxygen atoms in total. The largest absolute Gasteiger partial charge is 0.380 e. The number of carbonyl (C=O) groups is 1. The van der Waals surface area contributed by atoms with Crippen molar-refractivity contribution in [1.29, 1.82) is 0 Å². The van der Waals surface area contributed by atoms with Gasteiger partial charge in [0, 0.05) is 29.8 Å². The number of carbonyl (C=O) groups excluding carboxylic acids is 1. The van der Waals surface area contributed by atoms with Crippen LogP contribution >= 0.6 is 15.9 Å². The number of nitrogens with zero attached hydrogens (tertiary/aromatic N) is 1. The lowest BCUT2D eigenvalue weighted by molar-refractivity contribution is -0.384. The summed E-state index contributed by atoms with van der Waals surface area (Å²) in [7, 11) is 0. The van der Waals surface area contributed by atoms with Crippen LogP contribution in [0.1, 0.15) is 30.1 Å². The molecular formula is C13H17BrN2O4. The van der Waals surface area contributed by atoms with E-state index in [2.05, 4.69) is 28.2 Å². The summed E-state index contributed by atoms with van der Waals surface area (Å²) in [5.41, 5.74) is 0.130. The average Bonchev–Trinajstić information content (AvgIpc) is 2.42. The fraction of sp³-hybridized carbons (Fsp3) is 0.462. The van der Waals surface area contributed by atoms with E-state index in [1.165, 1.54) is 18.2 Å². The SMILES string of the molecule is CCCCOCCNC(=O)c1cc([N+](=O)[O-])ccc1Br. The quantitative estimate of drug-likeness (QED) is 0.446. The first-order valence-corrected chi connectivity index (χ1v) is 7.15. The van der Waals surface area contributed by atoms with Crippen LogP contribution in [0.2, 0.25) is 0 Å². The van der Waals surface area contributed by atoms with Crippen molar-refractivity contribution in [3.63, 3.8) is 0 Å². The van der Waals surface area contributed by atoms with Crippen molar-refractivity contribution in [1.82, 2.24) is 5.32 Å². The molecule has 20 heavy (non-hydrogen) atoms. The number of rotatable bonds is 8. The number of nitro benzene ring substituents is 1. The standard InChI is InChI=1S/C13H17BrN2O4/c1-2-3-7-20-8-6-15-13(17)11-9-10(16(18)19)4-5-12(11)14/h4-5,9H,2-3,6-8H2,1H3,(H,15,17). The van der Waals surface area contributed by atoms with Gasteiger partial charge >= 0.3 is 0 Å². The molecule has 0 aromatic heterocycles. The van der Waals surface area contributed by atoms with Gasteiger partial charge in [-0.25, -0.2) is 0 Å². The van der Waals surface area contributed by atoms with Crippen LogP contribution in [0.5, 0.6) is 0 Å². The zero-order valence-corrected chi connectivity index (χ0v) is 12.8. The maximum absolute atomic E-state index is 11.9. The van der Waals surface area contributed by atoms with Crippen molar-refractivity contribution in [2.24, 2.45) is 0 Å². The van der Waals surface area contributed by atoms with Gasteiger partial charge in [0.2, 0.25) is 0 Å². The molecule has 1 amide bonds. The molecule has 0 fully saturated rings. The average molecular weight is 345 g/mol. The Morgan fingerprint density at radius 2 is 2.20 bits per heavy atom. The number of hydrogen-bond donors (Lipinski definition) is 1. The lowest BCUT2D eigenvalue weighted by atomic mass is 10.2. The molecule has 0 saturated heterocycles. The summed E-state index contributed by atoms with van der Waals surface area (Å²) in [5, 5.41) is 13.4. The summed E-state index contributed by atoms with van der Waals surface area (Å²) in [4.78, 5) is 22.1. The van der Waals surface area contributed by atoms with Gasteiger partial charge in [0.25, 0.3) is 11.6 Å². The van der Waals surface area contributed by atoms with Crippen molar-refractivity contribution in [2.75, 3.05) is 19.8 Å². The van der Waals surface area contributed by atoms with E-state index >= 15 is 0 Å². The highest BCUT2D eigenvalue weighted by atomic mass is 79.9. The zero-order valence-electron chi connectivity index (χ0n) is 11.2. The first-order valence-electron chi connectivity index (χ1n) is 6.36. The fourth-order valence-electron chi connectivity index (χ4n) is 1.48. The van der Waals surface area contributed by atoms with Gasteiger partial charge in [0.1, 0.15) is 0 Å². The third-order valence-corrected chi connectivity index (χ3v) is 3.27. The molecule has 0 spiro atoms. The highest BCUT2D eigenvalue weighted by Crippen LogP contribution is 2.22. The molecule has 0 aliphatic heterocycles. The van der Waals surface area contributed by atoms with Crippen LogP contribution < -0.4 is 5.32 Å². The van der Waals surface area contributed by atoms with Crippen LogP contribution in [-0.4, -0.2) is 30.6 Å². The van der Waals surface area contributed by atoms with E-state index in [1.807, 2.05) is 0 Å². The summed E-state index contributed by atoms with van der Waals surface area (Å²) in [6.07, 6.45) is 2.05. The van der Waals surface area contributed by atoms with Crippen LogP contribution in [-0.2, 0) is 4.74 Å². The van der Waals surface area contributed by atoms with Gasteiger partial charge in [-0.15, -0.1) is 0 Å². The Labute approximate surface area is 125 Å². The number of ether oxygens (including phenoxy) is 1. The van der Waals surface area contributed by atoms with Crippen LogP contribution in [0.4, 0.5) is 5.69 Å². The number of amides is 1. The lowest BCUT2D eigenvalue weighted by Gasteiger charge is -2.07. The van der Waals surface area contributed by atoms with E-state index in [-0.39, 0.29) is 17.2 Å². The Balaban J connectivity index is 2.50. The number of nitro groups is 1. The maximum atomic E-state index is 11.9. The number of benzene rings is 1. The Bertz CT molecular complexity index is 479. The normalized spacial score (nSPS) is 10.3. The van der Waals surface area contributed by atoms with Crippen molar-refractivity contribution < 1.29 is 14.5 Å². The molecule has 0 heterocycles. The molecule has 7 heteroatoms. The zero-order chi connectivity index (χ0) is 15.0. The van der Waals surface area contributed by atoms with E-state index in [4.69, 9.17) is 4.74 Å². The second kappa shape index (κ2) is 8.65. The Morgan fingerprint density at radius 3 is 2.85 bits per heavy atom. The first-order chi connectivity index (χ1) is 9.56. The Hall–Kier alpha value is -1.47. The van der Waals surface area contributed by atoms with Crippen LogP contribution in [0.15, 0.2) is 22.7 Å². The minimum Gasteiger partial charge on any atom is -0.380 e. The van der Waals surface area contributed by atoms with Gasteiger partial charge in [0.05, 0.1) is 17.1 Å². The second-order valence-corrected chi connectivity index (χ2v) is 5.00. The topological polar surface area (TPSA) is 81.5 Å². The third kappa shape index (κ3) is 5.26. The number of hydrogen-bond acceptors (Lipinski definition) is 4. The molecule has 0 bridgehead atoms. The molecule has 0 radical (unpaired) electrons. The summed E-state index contributed by atoms with van der Waals surface area (Å²) >= 11 is 3.21. The van der Waals surface area contributed by atoms with E-state index in [0.29, 0.717) is 24.2 Å². The lowest BCUT2D eigenvalue weighted by Crippen LogP contribution is -2.27. The third-order valence-electron chi connectivity index (χ3n) is 2.58. The predicted octanol–water partition coefficient (Wildman–Crippen LogP) is 2.90. The Morgan fingerprint density at radius 1 is 1.45 bits per heavy atom. The van der Waals surface area contributed by atoms with Crippen molar-refractivity contribution in [3.8, 4) is 0 Å². The molecule has 1 rings (SSSR count). The van der Waals surface area contributed by atoms with Crippen molar-refractivity contribution >= 4 is 27.5 Å². The molecule has 1 N–H and O–H groups in total. The minimum absolute atomic E-state index is 0.113. The van der Waals surface area contributed by atoms with Crippen molar-refractivity contribution in [3.05, 3.63) is 38.3 Å². The fourth-order valence-corrected chi connectivity index (χ4v) is 1.91. The molecule has 0 atom stereocenters. The van der Waals surface area contributed by atoms with Gasteiger partial charge < -0.3 is 10.1 Å². The van der Waals surface area contributed by atoms with E-state index in [1.54, 1.807) is 0 Å². The van der Waals surface area contributed by atoms with Gasteiger partial charge in [-0.05, 0) is 28.4 Å². The Kier molecular flexibility index (Phi) is 7.17. The van der Waals surface area contributed by atoms with Crippen LogP contribution in [0.3, 0.4) is 0 Å². The van der Waals surface area contributed by atoms with Crippen LogP contribution in [0, 0.1) is 10.1 Å². The second-order valence-electron chi connectivity index (χ2n) is 4.14. The predicted molar refractivity (Wildman–Crippen MR) is 78.9 cm³/mol. The highest BCUT2D eigenvalue weighted by Gasteiger charge is 2.14. The minimum atomic E-state index is -0.531. The highest BCUT2D eigenvalue weighted by molar-refractivity contribution is 9.10. The molecule has 1 aromatic rings. The summed E-state index contributed by atoms with van der Waals surface area (Å²) in [6.45, 7) is 3.55. The smallest absolute Gasteiger partial charge is 0.270 e. The number of halogens is 1. The molecule has 0 aliphatic carbocycles. The maximum Gasteiger partial charge on any atom is 0.270 e. The number of nitrogens with one attached hydrogen (secondary N) is 1. The number of unbranched alkanes of at least 4 members (excludes halogenated alkanes) is 1. The summed E-state index contributed by atoms with van der Waals surface area (Å²) in [5.74, 6) is -0.361. The van der Waals surface area contributed by atoms with E-state index in [9.17, 15) is 14.9 Å². The first kappa shape index (κ1) is 16.6.